The van der Waals surface area contributed by atoms with Gasteiger partial charge in [-0.3, -0.25) is 4.90 Å². The normalized spacial score (nSPS) is 15.2. The van der Waals surface area contributed by atoms with Crippen LogP contribution in [-0.2, 0) is 6.54 Å². The fourth-order valence-corrected chi connectivity index (χ4v) is 3.76. The van der Waals surface area contributed by atoms with E-state index in [-0.39, 0.29) is 24.8 Å². The summed E-state index contributed by atoms with van der Waals surface area (Å²) in [5.41, 5.74) is 3.98. The molecular formula is C23H35Cl2N3. The molecule has 0 spiro atoms. The van der Waals surface area contributed by atoms with E-state index < -0.39 is 0 Å². The molecule has 0 aliphatic carbocycles. The summed E-state index contributed by atoms with van der Waals surface area (Å²) in [6.45, 7) is 7.70. The lowest BCUT2D eigenvalue weighted by atomic mass is 9.98. The highest BCUT2D eigenvalue weighted by molar-refractivity contribution is 5.85. The quantitative estimate of drug-likeness (QED) is 0.508. The molecule has 0 amide bonds. The Labute approximate surface area is 183 Å². The second kappa shape index (κ2) is 13.8. The molecule has 0 aromatic heterocycles. The zero-order valence-electron chi connectivity index (χ0n) is 16.9. The van der Waals surface area contributed by atoms with Crippen LogP contribution in [-0.4, -0.2) is 31.1 Å². The maximum atomic E-state index is 3.54. The van der Waals surface area contributed by atoms with Gasteiger partial charge in [0, 0.05) is 44.5 Å². The number of nitrogens with one attached hydrogen (secondary N) is 2. The molecule has 0 saturated carbocycles. The zero-order chi connectivity index (χ0) is 18.0. The molecule has 156 valence electrons. The largest absolute Gasteiger partial charge is 0.381 e. The van der Waals surface area contributed by atoms with Crippen molar-refractivity contribution in [3.05, 3.63) is 65.7 Å². The smallest absolute Gasteiger partial charge is 0.0400 e. The first-order valence-electron chi connectivity index (χ1n) is 10.2. The van der Waals surface area contributed by atoms with Crippen LogP contribution in [0.3, 0.4) is 0 Å². The Morgan fingerprint density at radius 1 is 0.929 bits per heavy atom. The number of benzene rings is 2. The summed E-state index contributed by atoms with van der Waals surface area (Å²) >= 11 is 0. The lowest BCUT2D eigenvalue weighted by Crippen LogP contribution is -2.45. The molecule has 0 bridgehead atoms. The Hall–Kier alpha value is -1.26. The van der Waals surface area contributed by atoms with E-state index in [0.29, 0.717) is 6.04 Å². The second-order valence-electron chi connectivity index (χ2n) is 7.26. The Kier molecular flexibility index (Phi) is 12.2. The van der Waals surface area contributed by atoms with Gasteiger partial charge in [0.25, 0.3) is 0 Å². The average Bonchev–Trinajstić information content (AvgIpc) is 2.72. The number of rotatable bonds is 9. The molecule has 1 saturated heterocycles. The molecule has 28 heavy (non-hydrogen) atoms. The minimum atomic E-state index is 0. The molecule has 3 rings (SSSR count). The van der Waals surface area contributed by atoms with Gasteiger partial charge in [0.05, 0.1) is 0 Å². The first kappa shape index (κ1) is 24.8. The van der Waals surface area contributed by atoms with Crippen LogP contribution in [0.2, 0.25) is 0 Å². The van der Waals surface area contributed by atoms with Crippen molar-refractivity contribution in [1.82, 2.24) is 10.2 Å². The monoisotopic (exact) mass is 423 g/mol. The van der Waals surface area contributed by atoms with Crippen LogP contribution in [0.15, 0.2) is 54.6 Å². The van der Waals surface area contributed by atoms with E-state index in [1.807, 2.05) is 0 Å². The lowest BCUT2D eigenvalue weighted by molar-refractivity contribution is 0.163. The summed E-state index contributed by atoms with van der Waals surface area (Å²) in [5, 5.41) is 7.01. The Morgan fingerprint density at radius 2 is 1.61 bits per heavy atom. The van der Waals surface area contributed by atoms with Crippen LogP contribution >= 0.6 is 24.8 Å². The molecule has 2 aromatic carbocycles. The predicted molar refractivity (Wildman–Crippen MR) is 126 cm³/mol. The number of nitrogens with zero attached hydrogens (tertiary/aromatic N) is 1. The maximum Gasteiger partial charge on any atom is 0.0400 e. The van der Waals surface area contributed by atoms with Crippen LogP contribution in [0.1, 0.15) is 49.8 Å². The molecule has 1 aliphatic rings. The molecule has 0 radical (unpaired) electrons. The van der Waals surface area contributed by atoms with E-state index in [1.54, 1.807) is 0 Å². The molecule has 3 nitrogen and oxygen atoms in total. The minimum absolute atomic E-state index is 0. The van der Waals surface area contributed by atoms with Crippen molar-refractivity contribution in [2.24, 2.45) is 0 Å². The third-order valence-corrected chi connectivity index (χ3v) is 5.31. The van der Waals surface area contributed by atoms with Crippen LogP contribution < -0.4 is 10.6 Å². The average molecular weight is 424 g/mol. The van der Waals surface area contributed by atoms with Gasteiger partial charge < -0.3 is 10.6 Å². The van der Waals surface area contributed by atoms with Crippen molar-refractivity contribution in [2.45, 2.75) is 45.2 Å². The Morgan fingerprint density at radius 3 is 2.25 bits per heavy atom. The Balaban J connectivity index is 0.00000196. The third kappa shape index (κ3) is 7.63. The number of halogens is 2. The second-order valence-corrected chi connectivity index (χ2v) is 7.26. The van der Waals surface area contributed by atoms with Gasteiger partial charge in [0.1, 0.15) is 0 Å². The van der Waals surface area contributed by atoms with E-state index in [1.165, 1.54) is 42.5 Å². The number of hydrogen-bond acceptors (Lipinski definition) is 3. The maximum absolute atomic E-state index is 3.54. The molecule has 2 N–H and O–H groups in total. The predicted octanol–water partition coefficient (Wildman–Crippen LogP) is 5.67. The van der Waals surface area contributed by atoms with Gasteiger partial charge in [-0.1, -0.05) is 68.7 Å². The first-order chi connectivity index (χ1) is 12.9. The van der Waals surface area contributed by atoms with Crippen molar-refractivity contribution in [2.75, 3.05) is 31.5 Å². The first-order valence-corrected chi connectivity index (χ1v) is 10.2. The van der Waals surface area contributed by atoms with Crippen molar-refractivity contribution < 1.29 is 0 Å². The molecule has 2 aromatic rings. The molecule has 5 heteroatoms. The van der Waals surface area contributed by atoms with Crippen molar-refractivity contribution >= 4 is 30.5 Å². The lowest BCUT2D eigenvalue weighted by Gasteiger charge is -2.35. The van der Waals surface area contributed by atoms with Gasteiger partial charge in [-0.05, 0) is 29.7 Å². The van der Waals surface area contributed by atoms with E-state index in [4.69, 9.17) is 0 Å². The summed E-state index contributed by atoms with van der Waals surface area (Å²) in [4.78, 5) is 2.67. The van der Waals surface area contributed by atoms with Gasteiger partial charge >= 0.3 is 0 Å². The highest BCUT2D eigenvalue weighted by Crippen LogP contribution is 2.28. The van der Waals surface area contributed by atoms with Crippen molar-refractivity contribution in [3.63, 3.8) is 0 Å². The fraction of sp³-hybridized carbons (Fsp3) is 0.478. The van der Waals surface area contributed by atoms with Crippen LogP contribution in [0.5, 0.6) is 0 Å². The summed E-state index contributed by atoms with van der Waals surface area (Å²) in [6, 6.07) is 20.3. The van der Waals surface area contributed by atoms with Crippen LogP contribution in [0.25, 0.3) is 0 Å². The fourth-order valence-electron chi connectivity index (χ4n) is 3.76. The highest BCUT2D eigenvalue weighted by atomic mass is 35.5. The van der Waals surface area contributed by atoms with Gasteiger partial charge in [-0.15, -0.1) is 24.8 Å². The van der Waals surface area contributed by atoms with Crippen LogP contribution in [0.4, 0.5) is 5.69 Å². The molecule has 1 atom stereocenters. The third-order valence-electron chi connectivity index (χ3n) is 5.31. The number of unbranched alkanes of at least 4 members (excludes halogenated alkanes) is 2. The van der Waals surface area contributed by atoms with E-state index in [2.05, 4.69) is 77.1 Å². The summed E-state index contributed by atoms with van der Waals surface area (Å²) < 4.78 is 0. The molecule has 1 fully saturated rings. The topological polar surface area (TPSA) is 27.3 Å². The van der Waals surface area contributed by atoms with E-state index in [9.17, 15) is 0 Å². The van der Waals surface area contributed by atoms with Crippen LogP contribution in [0, 0.1) is 0 Å². The van der Waals surface area contributed by atoms with Crippen molar-refractivity contribution in [1.29, 1.82) is 0 Å². The highest BCUT2D eigenvalue weighted by Gasteiger charge is 2.21. The molecular weight excluding hydrogens is 389 g/mol. The van der Waals surface area contributed by atoms with Gasteiger partial charge in [-0.2, -0.15) is 0 Å². The SMILES string of the molecule is CCCCC[C@H](c1ccc(NCc2ccccc2)cc1)N1CCNCC1.Cl.Cl. The zero-order valence-corrected chi connectivity index (χ0v) is 18.5. The molecule has 1 heterocycles. The van der Waals surface area contributed by atoms with Gasteiger partial charge in [0.15, 0.2) is 0 Å². The van der Waals surface area contributed by atoms with E-state index in [0.717, 1.165) is 32.7 Å². The summed E-state index contributed by atoms with van der Waals surface area (Å²) in [5.74, 6) is 0. The minimum Gasteiger partial charge on any atom is -0.381 e. The van der Waals surface area contributed by atoms with E-state index >= 15 is 0 Å². The molecule has 0 unspecified atom stereocenters. The number of hydrogen-bond donors (Lipinski definition) is 2. The molecule has 1 aliphatic heterocycles. The van der Waals surface area contributed by atoms with Crippen molar-refractivity contribution in [3.8, 4) is 0 Å². The van der Waals surface area contributed by atoms with Gasteiger partial charge in [-0.25, -0.2) is 0 Å². The summed E-state index contributed by atoms with van der Waals surface area (Å²) in [6.07, 6.45) is 5.21. The standard InChI is InChI=1S/C23H33N3.2ClH/c1-2-3-5-10-23(26-17-15-24-16-18-26)21-11-13-22(14-12-21)25-19-20-8-6-4-7-9-20;;/h4,6-9,11-14,23-25H,2-3,5,10,15-19H2,1H3;2*1H/t23-;;/m1../s1. The number of piperazine rings is 1. The van der Waals surface area contributed by atoms with Gasteiger partial charge in [0.2, 0.25) is 0 Å². The summed E-state index contributed by atoms with van der Waals surface area (Å²) in [7, 11) is 0. The number of anilines is 1. The Bertz CT molecular complexity index is 628.